The zero-order chi connectivity index (χ0) is 11.3. The smallest absolute Gasteiger partial charge is 0.142 e. The molecule has 0 spiro atoms. The van der Waals surface area contributed by atoms with Crippen LogP contribution in [0.3, 0.4) is 0 Å². The first kappa shape index (κ1) is 12.3. The lowest BCUT2D eigenvalue weighted by molar-refractivity contribution is 0.188. The average Bonchev–Trinajstić information content (AvgIpc) is 2.17. The molecule has 0 aliphatic carbocycles. The molecule has 0 saturated heterocycles. The van der Waals surface area contributed by atoms with Crippen LogP contribution in [0.15, 0.2) is 22.7 Å². The van der Waals surface area contributed by atoms with Crippen molar-refractivity contribution < 1.29 is 9.84 Å². The van der Waals surface area contributed by atoms with E-state index >= 15 is 0 Å². The number of aliphatic hydroxyl groups is 1. The molecule has 1 aromatic rings. The number of nitrogens with one attached hydrogen (secondary N) is 1. The second-order valence-corrected chi connectivity index (χ2v) is 4.32. The van der Waals surface area contributed by atoms with Gasteiger partial charge in [0.05, 0.1) is 18.9 Å². The molecule has 4 heteroatoms. The van der Waals surface area contributed by atoms with Crippen LogP contribution in [-0.2, 0) is 0 Å². The van der Waals surface area contributed by atoms with E-state index in [0.717, 1.165) is 28.9 Å². The Hall–Kier alpha value is -0.740. The summed E-state index contributed by atoms with van der Waals surface area (Å²) < 4.78 is 6.21. The first-order chi connectivity index (χ1) is 7.13. The number of aliphatic hydroxyl groups excluding tert-OH is 1. The normalized spacial score (nSPS) is 12.3. The van der Waals surface area contributed by atoms with Crippen LogP contribution >= 0.6 is 15.9 Å². The van der Waals surface area contributed by atoms with Crippen LogP contribution in [0.25, 0.3) is 0 Å². The molecule has 0 heterocycles. The lowest BCUT2D eigenvalue weighted by Crippen LogP contribution is -2.10. The number of rotatable bonds is 5. The van der Waals surface area contributed by atoms with Gasteiger partial charge >= 0.3 is 0 Å². The molecule has 1 rings (SSSR count). The summed E-state index contributed by atoms with van der Waals surface area (Å²) in [5, 5.41) is 12.4. The Labute approximate surface area is 98.6 Å². The quantitative estimate of drug-likeness (QED) is 0.867. The van der Waals surface area contributed by atoms with Gasteiger partial charge in [-0.15, -0.1) is 0 Å². The zero-order valence-electron chi connectivity index (χ0n) is 8.96. The highest BCUT2D eigenvalue weighted by molar-refractivity contribution is 9.10. The first-order valence-corrected chi connectivity index (χ1v) is 5.68. The van der Waals surface area contributed by atoms with E-state index < -0.39 is 0 Å². The monoisotopic (exact) mass is 273 g/mol. The maximum atomic E-state index is 9.13. The van der Waals surface area contributed by atoms with Crippen molar-refractivity contribution >= 4 is 21.6 Å². The van der Waals surface area contributed by atoms with E-state index in [1.54, 1.807) is 14.0 Å². The number of hydrogen-bond donors (Lipinski definition) is 2. The van der Waals surface area contributed by atoms with Gasteiger partial charge in [0.1, 0.15) is 5.75 Å². The van der Waals surface area contributed by atoms with Crippen LogP contribution in [-0.4, -0.2) is 24.9 Å². The number of hydrogen-bond acceptors (Lipinski definition) is 3. The van der Waals surface area contributed by atoms with Gasteiger partial charge in [-0.05, 0) is 31.5 Å². The van der Waals surface area contributed by atoms with Crippen LogP contribution in [0.4, 0.5) is 5.69 Å². The SMILES string of the molecule is COc1ccc(Br)cc1NCCC(C)O. The Kier molecular flexibility index (Phi) is 4.91. The average molecular weight is 274 g/mol. The second kappa shape index (κ2) is 5.98. The summed E-state index contributed by atoms with van der Waals surface area (Å²) in [6, 6.07) is 5.79. The van der Waals surface area contributed by atoms with Crippen molar-refractivity contribution in [2.24, 2.45) is 0 Å². The summed E-state index contributed by atoms with van der Waals surface area (Å²) in [5.41, 5.74) is 0.938. The van der Waals surface area contributed by atoms with Crippen LogP contribution in [0.2, 0.25) is 0 Å². The highest BCUT2D eigenvalue weighted by Gasteiger charge is 2.03. The number of anilines is 1. The summed E-state index contributed by atoms with van der Waals surface area (Å²) >= 11 is 3.40. The van der Waals surface area contributed by atoms with Gasteiger partial charge in [0.25, 0.3) is 0 Å². The molecule has 0 aromatic heterocycles. The maximum Gasteiger partial charge on any atom is 0.142 e. The van der Waals surface area contributed by atoms with E-state index in [1.807, 2.05) is 18.2 Å². The molecule has 0 aliphatic rings. The highest BCUT2D eigenvalue weighted by atomic mass is 79.9. The molecule has 15 heavy (non-hydrogen) atoms. The molecule has 0 saturated carbocycles. The minimum atomic E-state index is -0.282. The molecular formula is C11H16BrNO2. The summed E-state index contributed by atoms with van der Waals surface area (Å²) in [6.45, 7) is 2.50. The fraction of sp³-hybridized carbons (Fsp3) is 0.455. The van der Waals surface area contributed by atoms with Gasteiger partial charge in [-0.2, -0.15) is 0 Å². The van der Waals surface area contributed by atoms with Crippen LogP contribution in [0, 0.1) is 0 Å². The van der Waals surface area contributed by atoms with Crippen molar-refractivity contribution in [2.75, 3.05) is 19.0 Å². The van der Waals surface area contributed by atoms with Crippen LogP contribution < -0.4 is 10.1 Å². The highest BCUT2D eigenvalue weighted by Crippen LogP contribution is 2.27. The lowest BCUT2D eigenvalue weighted by atomic mass is 10.2. The van der Waals surface area contributed by atoms with Gasteiger partial charge in [-0.25, -0.2) is 0 Å². The largest absolute Gasteiger partial charge is 0.495 e. The van der Waals surface area contributed by atoms with E-state index in [9.17, 15) is 0 Å². The molecule has 0 aliphatic heterocycles. The summed E-state index contributed by atoms with van der Waals surface area (Å²) in [6.07, 6.45) is 0.436. The summed E-state index contributed by atoms with van der Waals surface area (Å²) in [5.74, 6) is 0.809. The Bertz CT molecular complexity index is 315. The Balaban J connectivity index is 2.62. The van der Waals surface area contributed by atoms with Gasteiger partial charge in [-0.1, -0.05) is 15.9 Å². The van der Waals surface area contributed by atoms with Crippen molar-refractivity contribution in [1.82, 2.24) is 0 Å². The maximum absolute atomic E-state index is 9.13. The summed E-state index contributed by atoms with van der Waals surface area (Å²) in [4.78, 5) is 0. The Morgan fingerprint density at radius 2 is 2.27 bits per heavy atom. The minimum Gasteiger partial charge on any atom is -0.495 e. The minimum absolute atomic E-state index is 0.282. The van der Waals surface area contributed by atoms with Gasteiger partial charge in [-0.3, -0.25) is 0 Å². The molecule has 84 valence electrons. The number of methoxy groups -OCH3 is 1. The van der Waals surface area contributed by atoms with Gasteiger partial charge in [0.15, 0.2) is 0 Å². The zero-order valence-corrected chi connectivity index (χ0v) is 10.5. The number of benzene rings is 1. The molecule has 0 radical (unpaired) electrons. The molecule has 1 atom stereocenters. The summed E-state index contributed by atoms with van der Waals surface area (Å²) in [7, 11) is 1.64. The third-order valence-electron chi connectivity index (χ3n) is 2.04. The number of halogens is 1. The molecule has 1 aromatic carbocycles. The van der Waals surface area contributed by atoms with E-state index in [-0.39, 0.29) is 6.10 Å². The van der Waals surface area contributed by atoms with E-state index in [2.05, 4.69) is 21.2 Å². The third-order valence-corrected chi connectivity index (χ3v) is 2.53. The van der Waals surface area contributed by atoms with Crippen molar-refractivity contribution in [3.8, 4) is 5.75 Å². The topological polar surface area (TPSA) is 41.5 Å². The van der Waals surface area contributed by atoms with Crippen molar-refractivity contribution in [2.45, 2.75) is 19.4 Å². The van der Waals surface area contributed by atoms with E-state index in [0.29, 0.717) is 0 Å². The predicted octanol–water partition coefficient (Wildman–Crippen LogP) is 2.64. The Morgan fingerprint density at radius 1 is 1.53 bits per heavy atom. The van der Waals surface area contributed by atoms with E-state index in [1.165, 1.54) is 0 Å². The second-order valence-electron chi connectivity index (χ2n) is 3.41. The molecule has 0 amide bonds. The third kappa shape index (κ3) is 4.10. The molecule has 3 nitrogen and oxygen atoms in total. The molecule has 1 unspecified atom stereocenters. The van der Waals surface area contributed by atoms with Gasteiger partial charge < -0.3 is 15.2 Å². The van der Waals surface area contributed by atoms with Crippen molar-refractivity contribution in [3.63, 3.8) is 0 Å². The van der Waals surface area contributed by atoms with Crippen LogP contribution in [0.1, 0.15) is 13.3 Å². The fourth-order valence-corrected chi connectivity index (χ4v) is 1.60. The molecule has 2 N–H and O–H groups in total. The molecule has 0 bridgehead atoms. The number of ether oxygens (including phenoxy) is 1. The van der Waals surface area contributed by atoms with Gasteiger partial charge in [0.2, 0.25) is 0 Å². The lowest BCUT2D eigenvalue weighted by Gasteiger charge is -2.12. The predicted molar refractivity (Wildman–Crippen MR) is 65.5 cm³/mol. The molecule has 0 fully saturated rings. The Morgan fingerprint density at radius 3 is 2.87 bits per heavy atom. The van der Waals surface area contributed by atoms with E-state index in [4.69, 9.17) is 9.84 Å². The standard InChI is InChI=1S/C11H16BrNO2/c1-8(14)5-6-13-10-7-9(12)3-4-11(10)15-2/h3-4,7-8,13-14H,5-6H2,1-2H3. The van der Waals surface area contributed by atoms with Crippen molar-refractivity contribution in [3.05, 3.63) is 22.7 Å². The fourth-order valence-electron chi connectivity index (χ4n) is 1.23. The molecular weight excluding hydrogens is 258 g/mol. The van der Waals surface area contributed by atoms with Gasteiger partial charge in [0, 0.05) is 11.0 Å². The van der Waals surface area contributed by atoms with Crippen LogP contribution in [0.5, 0.6) is 5.75 Å². The first-order valence-electron chi connectivity index (χ1n) is 4.89. The van der Waals surface area contributed by atoms with Crippen molar-refractivity contribution in [1.29, 1.82) is 0 Å².